The number of carbonyl (C=O) groups excluding carboxylic acids is 1. The number of para-hydroxylation sites is 1. The van der Waals surface area contributed by atoms with Gasteiger partial charge in [-0.05, 0) is 18.2 Å². The smallest absolute Gasteiger partial charge is 0.257 e. The van der Waals surface area contributed by atoms with Crippen LogP contribution >= 0.6 is 11.8 Å². The molecular weight excluding hydrogens is 272 g/mol. The molecule has 0 aliphatic carbocycles. The first-order valence-electron chi connectivity index (χ1n) is 5.99. The molecular formula is C15H14N2O2S. The Morgan fingerprint density at radius 2 is 2.20 bits per heavy atom. The Morgan fingerprint density at radius 1 is 1.40 bits per heavy atom. The number of nitrogens with zero attached hydrogens (tertiary/aromatic N) is 1. The number of hydrogen-bond acceptors (Lipinski definition) is 4. The maximum atomic E-state index is 12.1. The molecule has 2 rings (SSSR count). The maximum absolute atomic E-state index is 12.1. The van der Waals surface area contributed by atoms with Gasteiger partial charge in [0.1, 0.15) is 5.75 Å². The number of thioether (sulfide) groups is 1. The first kappa shape index (κ1) is 14.1. The van der Waals surface area contributed by atoms with Crippen LogP contribution in [0.4, 0.5) is 5.69 Å². The SMILES string of the molecule is C=CCSc1ccccc1NC(=O)c1cncc(O)c1. The molecule has 4 nitrogen and oxygen atoms in total. The summed E-state index contributed by atoms with van der Waals surface area (Å²) in [6.07, 6.45) is 4.50. The number of aromatic hydroxyl groups is 1. The van der Waals surface area contributed by atoms with Crippen LogP contribution in [-0.2, 0) is 0 Å². The van der Waals surface area contributed by atoms with Crippen molar-refractivity contribution >= 4 is 23.4 Å². The van der Waals surface area contributed by atoms with E-state index in [1.807, 2.05) is 30.3 Å². The zero-order valence-corrected chi connectivity index (χ0v) is 11.6. The number of rotatable bonds is 5. The Labute approximate surface area is 121 Å². The van der Waals surface area contributed by atoms with Gasteiger partial charge in [0.05, 0.1) is 17.4 Å². The Morgan fingerprint density at radius 3 is 2.95 bits per heavy atom. The summed E-state index contributed by atoms with van der Waals surface area (Å²) >= 11 is 1.59. The lowest BCUT2D eigenvalue weighted by molar-refractivity contribution is 0.102. The highest BCUT2D eigenvalue weighted by molar-refractivity contribution is 7.99. The largest absolute Gasteiger partial charge is 0.506 e. The average molecular weight is 286 g/mol. The standard InChI is InChI=1S/C15H14N2O2S/c1-2-7-20-14-6-4-3-5-13(14)17-15(19)11-8-12(18)10-16-9-11/h2-6,8-10,18H,1,7H2,(H,17,19). The molecule has 1 amide bonds. The Balaban J connectivity index is 2.17. The normalized spacial score (nSPS) is 10.0. The molecule has 0 saturated heterocycles. The van der Waals surface area contributed by atoms with Crippen LogP contribution in [0, 0.1) is 0 Å². The first-order valence-corrected chi connectivity index (χ1v) is 6.97. The van der Waals surface area contributed by atoms with E-state index in [1.165, 1.54) is 18.5 Å². The van der Waals surface area contributed by atoms with Crippen molar-refractivity contribution in [2.75, 3.05) is 11.1 Å². The molecule has 0 radical (unpaired) electrons. The zero-order chi connectivity index (χ0) is 14.4. The van der Waals surface area contributed by atoms with Gasteiger partial charge in [-0.2, -0.15) is 0 Å². The third-order valence-corrected chi connectivity index (χ3v) is 3.55. The Bertz CT molecular complexity index is 629. The van der Waals surface area contributed by atoms with Gasteiger partial charge in [-0.1, -0.05) is 18.2 Å². The van der Waals surface area contributed by atoms with E-state index in [2.05, 4.69) is 16.9 Å². The van der Waals surface area contributed by atoms with Gasteiger partial charge in [-0.25, -0.2) is 0 Å². The summed E-state index contributed by atoms with van der Waals surface area (Å²) in [6.45, 7) is 3.68. The fourth-order valence-corrected chi connectivity index (χ4v) is 2.34. The molecule has 0 saturated carbocycles. The topological polar surface area (TPSA) is 62.2 Å². The fourth-order valence-electron chi connectivity index (χ4n) is 1.59. The average Bonchev–Trinajstić information content (AvgIpc) is 2.46. The Kier molecular flexibility index (Phi) is 4.79. The van der Waals surface area contributed by atoms with Gasteiger partial charge in [0.2, 0.25) is 0 Å². The molecule has 2 aromatic rings. The van der Waals surface area contributed by atoms with E-state index in [4.69, 9.17) is 0 Å². The van der Waals surface area contributed by atoms with Crippen LogP contribution in [0.5, 0.6) is 5.75 Å². The number of pyridine rings is 1. The van der Waals surface area contributed by atoms with Crippen molar-refractivity contribution in [1.29, 1.82) is 0 Å². The van der Waals surface area contributed by atoms with Crippen LogP contribution in [0.15, 0.2) is 60.3 Å². The van der Waals surface area contributed by atoms with Crippen LogP contribution in [0.2, 0.25) is 0 Å². The van der Waals surface area contributed by atoms with E-state index in [0.717, 1.165) is 16.3 Å². The molecule has 1 aromatic heterocycles. The van der Waals surface area contributed by atoms with E-state index in [-0.39, 0.29) is 11.7 Å². The molecule has 0 unspecified atom stereocenters. The van der Waals surface area contributed by atoms with Gasteiger partial charge < -0.3 is 10.4 Å². The minimum absolute atomic E-state index is 0.0352. The van der Waals surface area contributed by atoms with E-state index in [9.17, 15) is 9.90 Å². The number of benzene rings is 1. The molecule has 0 fully saturated rings. The molecule has 0 atom stereocenters. The second-order valence-corrected chi connectivity index (χ2v) is 5.04. The van der Waals surface area contributed by atoms with Crippen molar-refractivity contribution in [2.24, 2.45) is 0 Å². The lowest BCUT2D eigenvalue weighted by Crippen LogP contribution is -2.12. The molecule has 102 valence electrons. The van der Waals surface area contributed by atoms with Crippen LogP contribution in [0.25, 0.3) is 0 Å². The van der Waals surface area contributed by atoms with Gasteiger partial charge in [0.25, 0.3) is 5.91 Å². The summed E-state index contributed by atoms with van der Waals surface area (Å²) in [5.41, 5.74) is 1.04. The lowest BCUT2D eigenvalue weighted by atomic mass is 10.2. The fraction of sp³-hybridized carbons (Fsp3) is 0.0667. The molecule has 0 spiro atoms. The molecule has 0 bridgehead atoms. The first-order chi connectivity index (χ1) is 9.70. The number of carbonyl (C=O) groups is 1. The highest BCUT2D eigenvalue weighted by Crippen LogP contribution is 2.27. The highest BCUT2D eigenvalue weighted by atomic mass is 32.2. The van der Waals surface area contributed by atoms with Crippen LogP contribution < -0.4 is 5.32 Å². The quantitative estimate of drug-likeness (QED) is 0.654. The minimum atomic E-state index is -0.306. The molecule has 5 heteroatoms. The van der Waals surface area contributed by atoms with Crippen molar-refractivity contribution < 1.29 is 9.90 Å². The van der Waals surface area contributed by atoms with Gasteiger partial charge in [0.15, 0.2) is 0 Å². The van der Waals surface area contributed by atoms with E-state index in [1.54, 1.807) is 11.8 Å². The van der Waals surface area contributed by atoms with Gasteiger partial charge >= 0.3 is 0 Å². The molecule has 0 aliphatic heterocycles. The van der Waals surface area contributed by atoms with Gasteiger partial charge in [0, 0.05) is 16.8 Å². The molecule has 1 aromatic carbocycles. The molecule has 1 heterocycles. The Hall–Kier alpha value is -2.27. The summed E-state index contributed by atoms with van der Waals surface area (Å²) < 4.78 is 0. The zero-order valence-electron chi connectivity index (χ0n) is 10.7. The van der Waals surface area contributed by atoms with E-state index in [0.29, 0.717) is 5.56 Å². The van der Waals surface area contributed by atoms with Crippen molar-refractivity contribution in [3.8, 4) is 5.75 Å². The third kappa shape index (κ3) is 3.61. The summed E-state index contributed by atoms with van der Waals surface area (Å²) in [5.74, 6) is 0.424. The molecule has 0 aliphatic rings. The second-order valence-electron chi connectivity index (χ2n) is 3.98. The second kappa shape index (κ2) is 6.77. The maximum Gasteiger partial charge on any atom is 0.257 e. The number of aromatic nitrogens is 1. The lowest BCUT2D eigenvalue weighted by Gasteiger charge is -2.10. The van der Waals surface area contributed by atoms with Crippen LogP contribution in [-0.4, -0.2) is 21.8 Å². The van der Waals surface area contributed by atoms with Crippen molar-refractivity contribution in [2.45, 2.75) is 4.90 Å². The van der Waals surface area contributed by atoms with Gasteiger partial charge in [-0.15, -0.1) is 18.3 Å². The van der Waals surface area contributed by atoms with E-state index >= 15 is 0 Å². The molecule has 20 heavy (non-hydrogen) atoms. The number of hydrogen-bond donors (Lipinski definition) is 2. The summed E-state index contributed by atoms with van der Waals surface area (Å²) in [7, 11) is 0. The number of anilines is 1. The summed E-state index contributed by atoms with van der Waals surface area (Å²) in [5, 5.41) is 12.2. The molecule has 2 N–H and O–H groups in total. The van der Waals surface area contributed by atoms with Crippen LogP contribution in [0.1, 0.15) is 10.4 Å². The monoisotopic (exact) mass is 286 g/mol. The van der Waals surface area contributed by atoms with E-state index < -0.39 is 0 Å². The third-order valence-electron chi connectivity index (χ3n) is 2.48. The predicted molar refractivity (Wildman–Crippen MR) is 81.2 cm³/mol. The highest BCUT2D eigenvalue weighted by Gasteiger charge is 2.10. The van der Waals surface area contributed by atoms with Crippen molar-refractivity contribution in [3.63, 3.8) is 0 Å². The summed E-state index contributed by atoms with van der Waals surface area (Å²) in [4.78, 5) is 16.9. The number of nitrogens with one attached hydrogen (secondary N) is 1. The summed E-state index contributed by atoms with van der Waals surface area (Å²) in [6, 6.07) is 8.91. The number of amides is 1. The van der Waals surface area contributed by atoms with Crippen LogP contribution in [0.3, 0.4) is 0 Å². The van der Waals surface area contributed by atoms with Crippen molar-refractivity contribution in [1.82, 2.24) is 4.98 Å². The van der Waals surface area contributed by atoms with Gasteiger partial charge in [-0.3, -0.25) is 9.78 Å². The van der Waals surface area contributed by atoms with Crippen molar-refractivity contribution in [3.05, 3.63) is 60.9 Å². The predicted octanol–water partition coefficient (Wildman–Crippen LogP) is 3.32. The minimum Gasteiger partial charge on any atom is -0.506 e.